The lowest BCUT2D eigenvalue weighted by atomic mass is 9.97. The van der Waals surface area contributed by atoms with Gasteiger partial charge in [0, 0.05) is 17.9 Å². The maximum Gasteiger partial charge on any atom is 0.00922 e. The molecule has 14 heavy (non-hydrogen) atoms. The highest BCUT2D eigenvalue weighted by atomic mass is 79.9. The number of halogens is 1. The predicted octanol–water partition coefficient (Wildman–Crippen LogP) is 3.38. The van der Waals surface area contributed by atoms with Gasteiger partial charge in [-0.2, -0.15) is 0 Å². The summed E-state index contributed by atoms with van der Waals surface area (Å²) in [5.41, 5.74) is 0. The lowest BCUT2D eigenvalue weighted by molar-refractivity contribution is 0.187. The molecule has 1 nitrogen and oxygen atoms in total. The average molecular weight is 262 g/mol. The van der Waals surface area contributed by atoms with E-state index in [0.717, 1.165) is 29.1 Å². The zero-order valence-corrected chi connectivity index (χ0v) is 11.5. The fourth-order valence-electron chi connectivity index (χ4n) is 1.91. The van der Waals surface area contributed by atoms with Gasteiger partial charge >= 0.3 is 0 Å². The Kier molecular flexibility index (Phi) is 4.92. The number of hydrogen-bond donors (Lipinski definition) is 0. The van der Waals surface area contributed by atoms with Crippen LogP contribution in [-0.4, -0.2) is 29.9 Å². The summed E-state index contributed by atoms with van der Waals surface area (Å²) in [5, 5.41) is 1.13. The Labute approximate surface area is 97.4 Å². The molecular formula is C12H24BrN. The van der Waals surface area contributed by atoms with Gasteiger partial charge in [0.15, 0.2) is 0 Å². The van der Waals surface area contributed by atoms with Crippen molar-refractivity contribution in [3.8, 4) is 0 Å². The van der Waals surface area contributed by atoms with E-state index in [1.165, 1.54) is 19.4 Å². The molecule has 0 aromatic heterocycles. The molecular weight excluding hydrogens is 238 g/mol. The summed E-state index contributed by atoms with van der Waals surface area (Å²) in [6, 6.07) is 0.787. The minimum atomic E-state index is 0.781. The van der Waals surface area contributed by atoms with E-state index in [1.54, 1.807) is 0 Å². The van der Waals surface area contributed by atoms with Crippen LogP contribution >= 0.6 is 15.9 Å². The zero-order chi connectivity index (χ0) is 10.7. The van der Waals surface area contributed by atoms with Gasteiger partial charge in [-0.25, -0.2) is 0 Å². The molecule has 0 amide bonds. The lowest BCUT2D eigenvalue weighted by Crippen LogP contribution is -2.37. The Morgan fingerprint density at radius 3 is 2.21 bits per heavy atom. The summed E-state index contributed by atoms with van der Waals surface area (Å²) in [5.74, 6) is 2.56. The molecule has 0 aromatic rings. The van der Waals surface area contributed by atoms with E-state index < -0.39 is 0 Å². The lowest BCUT2D eigenvalue weighted by Gasteiger charge is -2.30. The van der Waals surface area contributed by atoms with Gasteiger partial charge in [-0.1, -0.05) is 29.8 Å². The van der Waals surface area contributed by atoms with E-state index in [2.05, 4.69) is 48.6 Å². The molecule has 1 fully saturated rings. The maximum atomic E-state index is 3.62. The highest BCUT2D eigenvalue weighted by Crippen LogP contribution is 2.35. The molecule has 0 heterocycles. The van der Waals surface area contributed by atoms with Gasteiger partial charge in [0.2, 0.25) is 0 Å². The SMILES string of the molecule is CC(C)C(CBr)CN(C)C(C)C1CC1. The third kappa shape index (κ3) is 3.54. The van der Waals surface area contributed by atoms with Gasteiger partial charge in [-0.15, -0.1) is 0 Å². The number of nitrogens with zero attached hydrogens (tertiary/aromatic N) is 1. The highest BCUT2D eigenvalue weighted by Gasteiger charge is 2.31. The van der Waals surface area contributed by atoms with E-state index >= 15 is 0 Å². The number of alkyl halides is 1. The molecule has 0 radical (unpaired) electrons. The van der Waals surface area contributed by atoms with Crippen molar-refractivity contribution < 1.29 is 0 Å². The summed E-state index contributed by atoms with van der Waals surface area (Å²) in [6.07, 6.45) is 2.90. The first kappa shape index (κ1) is 12.5. The molecule has 1 aliphatic rings. The molecule has 1 aliphatic carbocycles. The van der Waals surface area contributed by atoms with Crippen LogP contribution in [0, 0.1) is 17.8 Å². The summed E-state index contributed by atoms with van der Waals surface area (Å²) in [4.78, 5) is 2.55. The molecule has 0 bridgehead atoms. The molecule has 0 saturated heterocycles. The Morgan fingerprint density at radius 1 is 1.29 bits per heavy atom. The van der Waals surface area contributed by atoms with Crippen molar-refractivity contribution in [3.63, 3.8) is 0 Å². The molecule has 0 N–H and O–H groups in total. The van der Waals surface area contributed by atoms with Crippen LogP contribution in [0.1, 0.15) is 33.6 Å². The van der Waals surface area contributed by atoms with Crippen LogP contribution in [0.5, 0.6) is 0 Å². The molecule has 0 aliphatic heterocycles. The fraction of sp³-hybridized carbons (Fsp3) is 1.00. The second kappa shape index (κ2) is 5.50. The van der Waals surface area contributed by atoms with Crippen LogP contribution < -0.4 is 0 Å². The molecule has 1 rings (SSSR count). The first-order chi connectivity index (χ1) is 6.56. The van der Waals surface area contributed by atoms with E-state index in [9.17, 15) is 0 Å². The van der Waals surface area contributed by atoms with Crippen LogP contribution in [0.25, 0.3) is 0 Å². The van der Waals surface area contributed by atoms with Crippen LogP contribution in [0.2, 0.25) is 0 Å². The van der Waals surface area contributed by atoms with Crippen molar-refractivity contribution in [3.05, 3.63) is 0 Å². The largest absolute Gasteiger partial charge is 0.303 e. The van der Waals surface area contributed by atoms with Crippen molar-refractivity contribution in [1.82, 2.24) is 4.90 Å². The molecule has 0 spiro atoms. The molecule has 84 valence electrons. The predicted molar refractivity (Wildman–Crippen MR) is 66.9 cm³/mol. The summed E-state index contributed by atoms with van der Waals surface area (Å²) < 4.78 is 0. The second-order valence-corrected chi connectivity index (χ2v) is 5.82. The minimum Gasteiger partial charge on any atom is -0.303 e. The Balaban J connectivity index is 2.32. The molecule has 2 atom stereocenters. The van der Waals surface area contributed by atoms with E-state index in [0.29, 0.717) is 0 Å². The first-order valence-electron chi connectivity index (χ1n) is 5.82. The molecule has 2 unspecified atom stereocenters. The van der Waals surface area contributed by atoms with Gasteiger partial charge < -0.3 is 4.90 Å². The van der Waals surface area contributed by atoms with Crippen molar-refractivity contribution in [2.75, 3.05) is 18.9 Å². The van der Waals surface area contributed by atoms with E-state index in [-0.39, 0.29) is 0 Å². The topological polar surface area (TPSA) is 3.24 Å². The standard InChI is InChI=1S/C12H24BrN/c1-9(2)12(7-13)8-14(4)10(3)11-5-6-11/h9-12H,5-8H2,1-4H3. The quantitative estimate of drug-likeness (QED) is 0.663. The third-order valence-electron chi connectivity index (χ3n) is 3.66. The van der Waals surface area contributed by atoms with Crippen LogP contribution in [0.15, 0.2) is 0 Å². The molecule has 2 heteroatoms. The van der Waals surface area contributed by atoms with Crippen LogP contribution in [0.4, 0.5) is 0 Å². The smallest absolute Gasteiger partial charge is 0.00922 e. The van der Waals surface area contributed by atoms with Gasteiger partial charge in [-0.05, 0) is 44.6 Å². The van der Waals surface area contributed by atoms with Crippen molar-refractivity contribution in [2.24, 2.45) is 17.8 Å². The van der Waals surface area contributed by atoms with Gasteiger partial charge in [0.1, 0.15) is 0 Å². The summed E-state index contributed by atoms with van der Waals surface area (Å²) in [6.45, 7) is 8.26. The van der Waals surface area contributed by atoms with Gasteiger partial charge in [0.05, 0.1) is 0 Å². The normalized spacial score (nSPS) is 21.6. The Hall–Kier alpha value is 0.440. The minimum absolute atomic E-state index is 0.781. The number of rotatable bonds is 6. The van der Waals surface area contributed by atoms with Gasteiger partial charge in [-0.3, -0.25) is 0 Å². The van der Waals surface area contributed by atoms with E-state index in [1.807, 2.05) is 0 Å². The number of hydrogen-bond acceptors (Lipinski definition) is 1. The fourth-order valence-corrected chi connectivity index (χ4v) is 2.86. The third-order valence-corrected chi connectivity index (χ3v) is 4.49. The highest BCUT2D eigenvalue weighted by molar-refractivity contribution is 9.09. The maximum absolute atomic E-state index is 3.62. The summed E-state index contributed by atoms with van der Waals surface area (Å²) >= 11 is 3.62. The Morgan fingerprint density at radius 2 is 1.86 bits per heavy atom. The monoisotopic (exact) mass is 261 g/mol. The van der Waals surface area contributed by atoms with Gasteiger partial charge in [0.25, 0.3) is 0 Å². The average Bonchev–Trinajstić information content (AvgIpc) is 2.95. The second-order valence-electron chi connectivity index (χ2n) is 5.18. The van der Waals surface area contributed by atoms with Crippen molar-refractivity contribution >= 4 is 15.9 Å². The molecule has 1 saturated carbocycles. The first-order valence-corrected chi connectivity index (χ1v) is 6.94. The van der Waals surface area contributed by atoms with E-state index in [4.69, 9.17) is 0 Å². The molecule has 0 aromatic carbocycles. The van der Waals surface area contributed by atoms with Crippen molar-refractivity contribution in [2.45, 2.75) is 39.7 Å². The summed E-state index contributed by atoms with van der Waals surface area (Å²) in [7, 11) is 2.28. The van der Waals surface area contributed by atoms with Crippen LogP contribution in [-0.2, 0) is 0 Å². The zero-order valence-electron chi connectivity index (χ0n) is 9.96. The Bertz CT molecular complexity index is 166. The van der Waals surface area contributed by atoms with Crippen LogP contribution in [0.3, 0.4) is 0 Å². The van der Waals surface area contributed by atoms with Crippen molar-refractivity contribution in [1.29, 1.82) is 0 Å².